The largest absolute Gasteiger partial charge is 0.493 e. The normalized spacial score (nSPS) is 11.2. The molecule has 0 radical (unpaired) electrons. The Morgan fingerprint density at radius 1 is 1.16 bits per heavy atom. The summed E-state index contributed by atoms with van der Waals surface area (Å²) in [5.41, 5.74) is 2.13. The Hall–Kier alpha value is -3.14. The van der Waals surface area contributed by atoms with E-state index in [1.165, 1.54) is 21.2 Å². The minimum atomic E-state index is -3.96. The summed E-state index contributed by atoms with van der Waals surface area (Å²) < 4.78 is 38.0. The predicted octanol–water partition coefficient (Wildman–Crippen LogP) is 2.58. The molecule has 2 aromatic carbocycles. The van der Waals surface area contributed by atoms with E-state index in [0.29, 0.717) is 16.6 Å². The molecule has 1 heterocycles. The van der Waals surface area contributed by atoms with Crippen LogP contribution in [0.15, 0.2) is 53.5 Å². The van der Waals surface area contributed by atoms with E-state index in [1.54, 1.807) is 41.6 Å². The SMILES string of the molecule is COc1cc(CN(c2ccc(C#N)cc2)n2cnnc2)cc(Br)c1OS(=O)(=O)N(C)C. The molecule has 31 heavy (non-hydrogen) atoms. The fourth-order valence-electron chi connectivity index (χ4n) is 2.63. The van der Waals surface area contributed by atoms with Crippen LogP contribution < -0.4 is 13.9 Å². The maximum absolute atomic E-state index is 12.2. The number of benzene rings is 2. The summed E-state index contributed by atoms with van der Waals surface area (Å²) in [6.45, 7) is 0.361. The van der Waals surface area contributed by atoms with E-state index in [4.69, 9.17) is 14.2 Å². The van der Waals surface area contributed by atoms with Gasteiger partial charge in [0.1, 0.15) is 12.7 Å². The van der Waals surface area contributed by atoms with Crippen molar-refractivity contribution in [3.63, 3.8) is 0 Å². The minimum absolute atomic E-state index is 0.0502. The molecular formula is C19H19BrN6O4S. The highest BCUT2D eigenvalue weighted by Gasteiger charge is 2.22. The number of methoxy groups -OCH3 is 1. The molecule has 0 unspecified atom stereocenters. The molecule has 0 aliphatic rings. The Kier molecular flexibility index (Phi) is 6.79. The lowest BCUT2D eigenvalue weighted by Crippen LogP contribution is -2.28. The lowest BCUT2D eigenvalue weighted by Gasteiger charge is -2.25. The van der Waals surface area contributed by atoms with Crippen LogP contribution in [0.2, 0.25) is 0 Å². The number of ether oxygens (including phenoxy) is 1. The van der Waals surface area contributed by atoms with Gasteiger partial charge in [-0.3, -0.25) is 5.01 Å². The number of hydrogen-bond donors (Lipinski definition) is 0. The number of halogens is 1. The zero-order chi connectivity index (χ0) is 22.6. The fourth-order valence-corrected chi connectivity index (χ4v) is 3.84. The Morgan fingerprint density at radius 3 is 2.35 bits per heavy atom. The number of hydrogen-bond acceptors (Lipinski definition) is 8. The fraction of sp³-hybridized carbons (Fsp3) is 0.211. The van der Waals surface area contributed by atoms with Gasteiger partial charge in [-0.05, 0) is 57.9 Å². The predicted molar refractivity (Wildman–Crippen MR) is 117 cm³/mol. The number of nitrogens with zero attached hydrogens (tertiary/aromatic N) is 6. The molecule has 0 atom stereocenters. The van der Waals surface area contributed by atoms with Gasteiger partial charge < -0.3 is 8.92 Å². The zero-order valence-corrected chi connectivity index (χ0v) is 19.3. The van der Waals surface area contributed by atoms with Crippen LogP contribution in [0.1, 0.15) is 11.1 Å². The van der Waals surface area contributed by atoms with Crippen molar-refractivity contribution in [2.45, 2.75) is 6.54 Å². The molecule has 0 N–H and O–H groups in total. The first-order valence-corrected chi connectivity index (χ1v) is 11.0. The van der Waals surface area contributed by atoms with Crippen LogP contribution in [0.5, 0.6) is 11.5 Å². The third-order valence-electron chi connectivity index (χ3n) is 4.24. The Labute approximate surface area is 188 Å². The van der Waals surface area contributed by atoms with E-state index in [9.17, 15) is 8.42 Å². The molecule has 12 heteroatoms. The molecule has 0 saturated heterocycles. The van der Waals surface area contributed by atoms with Gasteiger partial charge in [0.2, 0.25) is 0 Å². The summed E-state index contributed by atoms with van der Waals surface area (Å²) in [5.74, 6) is 0.299. The van der Waals surface area contributed by atoms with E-state index in [-0.39, 0.29) is 11.5 Å². The monoisotopic (exact) mass is 506 g/mol. The highest BCUT2D eigenvalue weighted by molar-refractivity contribution is 9.10. The number of rotatable bonds is 8. The van der Waals surface area contributed by atoms with Gasteiger partial charge in [0.05, 0.1) is 35.4 Å². The number of anilines is 1. The number of nitriles is 1. The van der Waals surface area contributed by atoms with Gasteiger partial charge in [0.25, 0.3) is 0 Å². The quantitative estimate of drug-likeness (QED) is 0.457. The Morgan fingerprint density at radius 2 is 1.81 bits per heavy atom. The Bertz CT molecular complexity index is 1190. The first kappa shape index (κ1) is 22.5. The molecule has 10 nitrogen and oxygen atoms in total. The van der Waals surface area contributed by atoms with Crippen LogP contribution in [0.4, 0.5) is 5.69 Å². The molecule has 0 saturated carbocycles. The van der Waals surface area contributed by atoms with Crippen molar-refractivity contribution < 1.29 is 17.3 Å². The van der Waals surface area contributed by atoms with Gasteiger partial charge in [-0.1, -0.05) is 0 Å². The molecule has 0 bridgehead atoms. The first-order chi connectivity index (χ1) is 14.7. The van der Waals surface area contributed by atoms with E-state index in [1.807, 2.05) is 17.1 Å². The van der Waals surface area contributed by atoms with Crippen LogP contribution in [0, 0.1) is 11.3 Å². The maximum Gasteiger partial charge on any atom is 0.384 e. The summed E-state index contributed by atoms with van der Waals surface area (Å²) in [5, 5.41) is 18.6. The molecule has 3 rings (SSSR count). The Balaban J connectivity index is 1.98. The highest BCUT2D eigenvalue weighted by atomic mass is 79.9. The third-order valence-corrected chi connectivity index (χ3v) is 6.10. The standard InChI is InChI=1S/C19H19BrN6O4S/c1-24(2)31(27,28)30-19-17(20)8-15(9-18(19)29-3)11-26(25-12-22-23-13-25)16-6-4-14(10-21)5-7-16/h4-9,12-13H,11H2,1-3H3. The van der Waals surface area contributed by atoms with Crippen molar-refractivity contribution in [3.8, 4) is 17.6 Å². The second-order valence-electron chi connectivity index (χ2n) is 6.49. The van der Waals surface area contributed by atoms with E-state index in [0.717, 1.165) is 15.6 Å². The average Bonchev–Trinajstić information content (AvgIpc) is 3.28. The molecule has 0 aliphatic carbocycles. The first-order valence-electron chi connectivity index (χ1n) is 8.86. The second kappa shape index (κ2) is 9.34. The van der Waals surface area contributed by atoms with Gasteiger partial charge in [0.15, 0.2) is 11.5 Å². The van der Waals surface area contributed by atoms with E-state index < -0.39 is 10.3 Å². The topological polar surface area (TPSA) is 114 Å². The summed E-state index contributed by atoms with van der Waals surface area (Å²) in [6, 6.07) is 12.6. The van der Waals surface area contributed by atoms with Gasteiger partial charge in [-0.15, -0.1) is 10.2 Å². The third kappa shape index (κ3) is 5.13. The lowest BCUT2D eigenvalue weighted by molar-refractivity contribution is 0.375. The molecule has 1 aromatic heterocycles. The second-order valence-corrected chi connectivity index (χ2v) is 9.10. The summed E-state index contributed by atoms with van der Waals surface area (Å²) in [7, 11) is 0.215. The summed E-state index contributed by atoms with van der Waals surface area (Å²) in [4.78, 5) is 0. The van der Waals surface area contributed by atoms with E-state index in [2.05, 4.69) is 32.2 Å². The molecule has 0 amide bonds. The lowest BCUT2D eigenvalue weighted by atomic mass is 10.1. The van der Waals surface area contributed by atoms with Crippen molar-refractivity contribution in [2.24, 2.45) is 0 Å². The van der Waals surface area contributed by atoms with Crippen molar-refractivity contribution in [2.75, 3.05) is 26.2 Å². The van der Waals surface area contributed by atoms with Crippen molar-refractivity contribution in [1.29, 1.82) is 5.26 Å². The van der Waals surface area contributed by atoms with Gasteiger partial charge in [-0.25, -0.2) is 4.68 Å². The zero-order valence-electron chi connectivity index (χ0n) is 16.9. The van der Waals surface area contributed by atoms with Gasteiger partial charge in [-0.2, -0.15) is 18.0 Å². The highest BCUT2D eigenvalue weighted by Crippen LogP contribution is 2.38. The molecule has 162 valence electrons. The average molecular weight is 507 g/mol. The van der Waals surface area contributed by atoms with Crippen LogP contribution >= 0.6 is 15.9 Å². The molecular weight excluding hydrogens is 488 g/mol. The van der Waals surface area contributed by atoms with Crippen LogP contribution in [-0.4, -0.2) is 48.8 Å². The minimum Gasteiger partial charge on any atom is -0.493 e. The van der Waals surface area contributed by atoms with Crippen LogP contribution in [0.3, 0.4) is 0 Å². The smallest absolute Gasteiger partial charge is 0.384 e. The van der Waals surface area contributed by atoms with Crippen molar-refractivity contribution >= 4 is 31.9 Å². The molecule has 0 fully saturated rings. The van der Waals surface area contributed by atoms with Gasteiger partial charge in [0, 0.05) is 14.1 Å². The summed E-state index contributed by atoms with van der Waals surface area (Å²) >= 11 is 3.38. The maximum atomic E-state index is 12.2. The van der Waals surface area contributed by atoms with Crippen LogP contribution in [0.25, 0.3) is 0 Å². The van der Waals surface area contributed by atoms with Crippen LogP contribution in [-0.2, 0) is 16.8 Å². The molecule has 3 aromatic rings. The molecule has 0 aliphatic heterocycles. The summed E-state index contributed by atoms with van der Waals surface area (Å²) in [6.07, 6.45) is 3.09. The van der Waals surface area contributed by atoms with Crippen molar-refractivity contribution in [3.05, 3.63) is 64.7 Å². The van der Waals surface area contributed by atoms with Crippen molar-refractivity contribution in [1.82, 2.24) is 19.2 Å². The van der Waals surface area contributed by atoms with E-state index >= 15 is 0 Å². The molecule has 0 spiro atoms. The number of aromatic nitrogens is 3. The van der Waals surface area contributed by atoms with Gasteiger partial charge >= 0.3 is 10.3 Å².